The zero-order chi connectivity index (χ0) is 16.3. The summed E-state index contributed by atoms with van der Waals surface area (Å²) >= 11 is 2.83. The van der Waals surface area contributed by atoms with Gasteiger partial charge in [-0.2, -0.15) is 5.26 Å². The van der Waals surface area contributed by atoms with Crippen molar-refractivity contribution in [3.8, 4) is 6.07 Å². The van der Waals surface area contributed by atoms with E-state index in [2.05, 4.69) is 26.9 Å². The lowest BCUT2D eigenvalue weighted by Gasteiger charge is -2.28. The molecule has 2 atom stereocenters. The van der Waals surface area contributed by atoms with Crippen LogP contribution in [0.4, 0.5) is 5.13 Å². The molecule has 0 aliphatic heterocycles. The van der Waals surface area contributed by atoms with Crippen molar-refractivity contribution in [3.63, 3.8) is 0 Å². The monoisotopic (exact) mass is 339 g/mol. The minimum atomic E-state index is -0.855. The second kappa shape index (κ2) is 6.84. The molecule has 1 fully saturated rings. The first-order valence-electron chi connectivity index (χ1n) is 7.34. The van der Waals surface area contributed by atoms with Crippen molar-refractivity contribution < 1.29 is 4.79 Å². The SMILES string of the molecule is CC(Sc1nnc(NC2CC2)s1)C(=O)NC(C)(C#N)C(C)C. The van der Waals surface area contributed by atoms with Crippen molar-refractivity contribution in [2.45, 2.75) is 61.7 Å². The van der Waals surface area contributed by atoms with Crippen LogP contribution in [-0.2, 0) is 4.79 Å². The molecule has 2 rings (SSSR count). The molecule has 120 valence electrons. The maximum atomic E-state index is 12.3. The van der Waals surface area contributed by atoms with E-state index < -0.39 is 5.54 Å². The molecule has 1 aliphatic rings. The number of hydrogen-bond donors (Lipinski definition) is 2. The van der Waals surface area contributed by atoms with Crippen LogP contribution in [0.15, 0.2) is 4.34 Å². The fraction of sp³-hybridized carbons (Fsp3) is 0.714. The third-order valence-corrected chi connectivity index (χ3v) is 5.77. The Hall–Kier alpha value is -1.33. The zero-order valence-corrected chi connectivity index (χ0v) is 14.8. The molecule has 8 heteroatoms. The molecule has 0 aromatic carbocycles. The molecule has 2 unspecified atom stereocenters. The molecule has 1 heterocycles. The second-order valence-corrected chi connectivity index (χ2v) is 8.58. The summed E-state index contributed by atoms with van der Waals surface area (Å²) in [6.07, 6.45) is 2.37. The van der Waals surface area contributed by atoms with Crippen molar-refractivity contribution in [1.29, 1.82) is 5.26 Å². The van der Waals surface area contributed by atoms with Gasteiger partial charge in [-0.15, -0.1) is 10.2 Å². The normalized spacial score (nSPS) is 18.4. The number of nitrogens with one attached hydrogen (secondary N) is 2. The van der Waals surface area contributed by atoms with Crippen LogP contribution in [0.5, 0.6) is 0 Å². The number of nitrogens with zero attached hydrogens (tertiary/aromatic N) is 3. The average molecular weight is 339 g/mol. The highest BCUT2D eigenvalue weighted by molar-refractivity contribution is 8.02. The van der Waals surface area contributed by atoms with Crippen molar-refractivity contribution in [2.24, 2.45) is 5.92 Å². The van der Waals surface area contributed by atoms with Crippen LogP contribution in [0.25, 0.3) is 0 Å². The number of carbonyl (C=O) groups is 1. The number of thioether (sulfide) groups is 1. The van der Waals surface area contributed by atoms with Crippen LogP contribution < -0.4 is 10.6 Å². The second-order valence-electron chi connectivity index (χ2n) is 6.01. The Morgan fingerprint density at radius 3 is 2.68 bits per heavy atom. The summed E-state index contributed by atoms with van der Waals surface area (Å²) in [5.74, 6) is -0.121. The maximum Gasteiger partial charge on any atom is 0.234 e. The lowest BCUT2D eigenvalue weighted by Crippen LogP contribution is -2.51. The highest BCUT2D eigenvalue weighted by Crippen LogP contribution is 2.32. The van der Waals surface area contributed by atoms with Gasteiger partial charge in [-0.1, -0.05) is 36.9 Å². The number of anilines is 1. The van der Waals surface area contributed by atoms with Crippen molar-refractivity contribution in [3.05, 3.63) is 0 Å². The maximum absolute atomic E-state index is 12.3. The Balaban J connectivity index is 1.90. The van der Waals surface area contributed by atoms with E-state index in [1.807, 2.05) is 20.8 Å². The van der Waals surface area contributed by atoms with Crippen LogP contribution in [0, 0.1) is 17.2 Å². The first-order chi connectivity index (χ1) is 10.3. The van der Waals surface area contributed by atoms with Crippen LogP contribution >= 0.6 is 23.1 Å². The van der Waals surface area contributed by atoms with Gasteiger partial charge in [0.1, 0.15) is 5.54 Å². The summed E-state index contributed by atoms with van der Waals surface area (Å²) in [6, 6.07) is 2.72. The number of hydrogen-bond acceptors (Lipinski definition) is 7. The van der Waals surface area contributed by atoms with E-state index in [4.69, 9.17) is 0 Å². The van der Waals surface area contributed by atoms with E-state index >= 15 is 0 Å². The number of nitriles is 1. The molecule has 2 N–H and O–H groups in total. The van der Waals surface area contributed by atoms with Gasteiger partial charge in [-0.25, -0.2) is 0 Å². The predicted octanol–water partition coefficient (Wildman–Crippen LogP) is 2.65. The highest BCUT2D eigenvalue weighted by Gasteiger charge is 2.32. The lowest BCUT2D eigenvalue weighted by molar-refractivity contribution is -0.121. The number of aromatic nitrogens is 2. The Morgan fingerprint density at radius 1 is 1.45 bits per heavy atom. The van der Waals surface area contributed by atoms with E-state index in [9.17, 15) is 10.1 Å². The van der Waals surface area contributed by atoms with E-state index in [0.29, 0.717) is 6.04 Å². The predicted molar refractivity (Wildman–Crippen MR) is 88.9 cm³/mol. The summed E-state index contributed by atoms with van der Waals surface area (Å²) in [7, 11) is 0. The Kier molecular flexibility index (Phi) is 5.29. The Morgan fingerprint density at radius 2 is 2.14 bits per heavy atom. The van der Waals surface area contributed by atoms with Crippen LogP contribution in [0.3, 0.4) is 0 Å². The van der Waals surface area contributed by atoms with Gasteiger partial charge in [0, 0.05) is 6.04 Å². The first-order valence-corrected chi connectivity index (χ1v) is 9.03. The van der Waals surface area contributed by atoms with Crippen molar-refractivity contribution in [2.75, 3.05) is 5.32 Å². The molecule has 1 aromatic heterocycles. The standard InChI is InChI=1S/C14H21N5OS2/c1-8(2)14(4,7-15)17-11(20)9(3)21-13-19-18-12(22-13)16-10-5-6-10/h8-10H,5-6H2,1-4H3,(H,16,18)(H,17,20). The molecule has 1 aromatic rings. The smallest absolute Gasteiger partial charge is 0.234 e. The largest absolute Gasteiger partial charge is 0.357 e. The van der Waals surface area contributed by atoms with E-state index in [1.165, 1.54) is 35.9 Å². The molecule has 1 aliphatic carbocycles. The van der Waals surface area contributed by atoms with Gasteiger partial charge >= 0.3 is 0 Å². The summed E-state index contributed by atoms with van der Waals surface area (Å²) in [4.78, 5) is 12.3. The summed E-state index contributed by atoms with van der Waals surface area (Å²) in [5, 5.41) is 24.0. The van der Waals surface area contributed by atoms with Crippen LogP contribution in [-0.4, -0.2) is 32.9 Å². The molecule has 1 amide bonds. The fourth-order valence-corrected chi connectivity index (χ4v) is 3.55. The van der Waals surface area contributed by atoms with Gasteiger partial charge in [-0.05, 0) is 32.6 Å². The molecule has 1 saturated carbocycles. The molecule has 0 bridgehead atoms. The minimum Gasteiger partial charge on any atom is -0.357 e. The topological polar surface area (TPSA) is 90.7 Å². The minimum absolute atomic E-state index is 0.0366. The summed E-state index contributed by atoms with van der Waals surface area (Å²) < 4.78 is 0.758. The molecule has 6 nitrogen and oxygen atoms in total. The summed E-state index contributed by atoms with van der Waals surface area (Å²) in [5.41, 5.74) is -0.855. The van der Waals surface area contributed by atoms with E-state index in [0.717, 1.165) is 9.47 Å². The molecule has 22 heavy (non-hydrogen) atoms. The molecular weight excluding hydrogens is 318 g/mol. The fourth-order valence-electron chi connectivity index (χ4n) is 1.58. The van der Waals surface area contributed by atoms with Gasteiger partial charge < -0.3 is 10.6 Å². The number of rotatable bonds is 7. The van der Waals surface area contributed by atoms with E-state index in [1.54, 1.807) is 6.92 Å². The number of amides is 1. The third-order valence-electron chi connectivity index (χ3n) is 3.73. The molecule has 0 radical (unpaired) electrons. The quantitative estimate of drug-likeness (QED) is 0.742. The first kappa shape index (κ1) is 17.0. The summed E-state index contributed by atoms with van der Waals surface area (Å²) in [6.45, 7) is 7.40. The zero-order valence-electron chi connectivity index (χ0n) is 13.2. The van der Waals surface area contributed by atoms with Gasteiger partial charge in [-0.3, -0.25) is 4.79 Å². The highest BCUT2D eigenvalue weighted by atomic mass is 32.2. The molecule has 0 saturated heterocycles. The van der Waals surface area contributed by atoms with Gasteiger partial charge in [0.15, 0.2) is 4.34 Å². The molecular formula is C14H21N5OS2. The van der Waals surface area contributed by atoms with Gasteiger partial charge in [0.2, 0.25) is 11.0 Å². The van der Waals surface area contributed by atoms with Crippen LogP contribution in [0.1, 0.15) is 40.5 Å². The third kappa shape index (κ3) is 4.34. The lowest BCUT2D eigenvalue weighted by atomic mass is 9.90. The average Bonchev–Trinajstić information content (AvgIpc) is 3.17. The van der Waals surface area contributed by atoms with E-state index in [-0.39, 0.29) is 17.1 Å². The van der Waals surface area contributed by atoms with Gasteiger partial charge in [0.05, 0.1) is 11.3 Å². The molecule has 0 spiro atoms. The number of carbonyl (C=O) groups excluding carboxylic acids is 1. The van der Waals surface area contributed by atoms with Crippen molar-refractivity contribution in [1.82, 2.24) is 15.5 Å². The van der Waals surface area contributed by atoms with Crippen molar-refractivity contribution >= 4 is 34.1 Å². The van der Waals surface area contributed by atoms with Crippen LogP contribution in [0.2, 0.25) is 0 Å². The Labute approximate surface area is 139 Å². The Bertz CT molecular complexity index is 578. The van der Waals surface area contributed by atoms with Gasteiger partial charge in [0.25, 0.3) is 0 Å².